The van der Waals surface area contributed by atoms with Crippen molar-refractivity contribution in [1.82, 2.24) is 20.2 Å². The molecule has 0 unspecified atom stereocenters. The summed E-state index contributed by atoms with van der Waals surface area (Å²) < 4.78 is 15.4. The van der Waals surface area contributed by atoms with E-state index in [0.29, 0.717) is 6.04 Å². The van der Waals surface area contributed by atoms with Crippen molar-refractivity contribution >= 4 is 17.0 Å². The lowest BCUT2D eigenvalue weighted by molar-refractivity contribution is -0.926. The van der Waals surface area contributed by atoms with Gasteiger partial charge in [-0.25, -0.2) is 9.07 Å². The van der Waals surface area contributed by atoms with Crippen LogP contribution in [0, 0.1) is 5.82 Å². The van der Waals surface area contributed by atoms with Crippen molar-refractivity contribution in [1.29, 1.82) is 0 Å². The molecular formula is C21H26FN6S+. The zero-order valence-electron chi connectivity index (χ0n) is 16.4. The van der Waals surface area contributed by atoms with E-state index in [2.05, 4.69) is 42.6 Å². The van der Waals surface area contributed by atoms with E-state index in [1.54, 1.807) is 23.5 Å². The summed E-state index contributed by atoms with van der Waals surface area (Å²) in [6.07, 6.45) is 4.86. The van der Waals surface area contributed by atoms with Crippen LogP contribution < -0.4 is 9.80 Å². The van der Waals surface area contributed by atoms with Gasteiger partial charge in [0.15, 0.2) is 6.04 Å². The molecule has 1 aliphatic carbocycles. The lowest BCUT2D eigenvalue weighted by Crippen LogP contribution is -3.15. The number of piperazine rings is 1. The fraction of sp³-hybridized carbons (Fsp3) is 0.476. The van der Waals surface area contributed by atoms with Crippen molar-refractivity contribution in [3.8, 4) is 0 Å². The van der Waals surface area contributed by atoms with Gasteiger partial charge in [0.1, 0.15) is 5.82 Å². The number of rotatable bonds is 5. The van der Waals surface area contributed by atoms with E-state index in [9.17, 15) is 4.39 Å². The quantitative estimate of drug-likeness (QED) is 0.698. The highest BCUT2D eigenvalue weighted by molar-refractivity contribution is 7.10. The second-order valence-electron chi connectivity index (χ2n) is 7.99. The largest absolute Gasteiger partial charge is 0.360 e. The average molecular weight is 414 g/mol. The minimum absolute atomic E-state index is 0.168. The molecule has 152 valence electrons. The first-order valence-electron chi connectivity index (χ1n) is 10.5. The van der Waals surface area contributed by atoms with Crippen molar-refractivity contribution in [2.45, 2.75) is 37.8 Å². The summed E-state index contributed by atoms with van der Waals surface area (Å²) in [5.74, 6) is 0.819. The van der Waals surface area contributed by atoms with Crippen LogP contribution in [0.15, 0.2) is 41.8 Å². The zero-order valence-corrected chi connectivity index (χ0v) is 17.2. The molecule has 5 rings (SSSR count). The third-order valence-corrected chi connectivity index (χ3v) is 7.22. The molecule has 0 amide bonds. The van der Waals surface area contributed by atoms with Gasteiger partial charge in [0, 0.05) is 5.69 Å². The molecule has 2 aliphatic rings. The molecule has 29 heavy (non-hydrogen) atoms. The molecule has 1 N–H and O–H groups in total. The van der Waals surface area contributed by atoms with Crippen LogP contribution in [0.25, 0.3) is 0 Å². The molecule has 1 saturated heterocycles. The molecule has 0 bridgehead atoms. The minimum atomic E-state index is -0.186. The van der Waals surface area contributed by atoms with E-state index in [1.807, 2.05) is 12.1 Å². The molecule has 0 radical (unpaired) electrons. The first-order valence-corrected chi connectivity index (χ1v) is 11.3. The maximum atomic E-state index is 13.3. The number of anilines is 1. The number of nitrogens with one attached hydrogen (secondary N) is 1. The number of quaternary nitrogens is 1. The Morgan fingerprint density at radius 1 is 1.07 bits per heavy atom. The van der Waals surface area contributed by atoms with Gasteiger partial charge in [-0.2, -0.15) is 0 Å². The summed E-state index contributed by atoms with van der Waals surface area (Å²) in [5, 5.41) is 15.1. The second-order valence-corrected chi connectivity index (χ2v) is 8.97. The zero-order chi connectivity index (χ0) is 19.6. The highest BCUT2D eigenvalue weighted by Crippen LogP contribution is 2.32. The van der Waals surface area contributed by atoms with Gasteiger partial charge >= 0.3 is 0 Å². The van der Waals surface area contributed by atoms with E-state index < -0.39 is 0 Å². The Morgan fingerprint density at radius 3 is 2.52 bits per heavy atom. The summed E-state index contributed by atoms with van der Waals surface area (Å²) in [6, 6.07) is 11.8. The maximum absolute atomic E-state index is 13.3. The lowest BCUT2D eigenvalue weighted by Gasteiger charge is -2.37. The van der Waals surface area contributed by atoms with Gasteiger partial charge in [-0.15, -0.1) is 16.4 Å². The molecule has 1 aromatic carbocycles. The molecular weight excluding hydrogens is 387 g/mol. The van der Waals surface area contributed by atoms with Gasteiger partial charge in [-0.05, 0) is 59.0 Å². The molecule has 2 fully saturated rings. The first-order chi connectivity index (χ1) is 14.3. The van der Waals surface area contributed by atoms with Gasteiger partial charge in [0.2, 0.25) is 5.82 Å². The fourth-order valence-electron chi connectivity index (χ4n) is 4.76. The van der Waals surface area contributed by atoms with Gasteiger partial charge in [-0.1, -0.05) is 18.9 Å². The highest BCUT2D eigenvalue weighted by Gasteiger charge is 2.36. The molecule has 0 spiro atoms. The van der Waals surface area contributed by atoms with Crippen LogP contribution in [-0.2, 0) is 0 Å². The summed E-state index contributed by atoms with van der Waals surface area (Å²) in [6.45, 7) is 3.87. The van der Waals surface area contributed by atoms with Crippen molar-refractivity contribution < 1.29 is 9.29 Å². The molecule has 1 aliphatic heterocycles. The predicted molar refractivity (Wildman–Crippen MR) is 111 cm³/mol. The van der Waals surface area contributed by atoms with Crippen molar-refractivity contribution in [2.24, 2.45) is 0 Å². The van der Waals surface area contributed by atoms with Crippen LogP contribution in [0.1, 0.15) is 48.5 Å². The van der Waals surface area contributed by atoms with Crippen molar-refractivity contribution in [3.63, 3.8) is 0 Å². The molecule has 2 aromatic heterocycles. The molecule has 3 aromatic rings. The highest BCUT2D eigenvalue weighted by atomic mass is 32.1. The Labute approximate surface area is 173 Å². The third-order valence-electron chi connectivity index (χ3n) is 6.28. The number of nitrogens with zero attached hydrogens (tertiary/aromatic N) is 5. The first kappa shape index (κ1) is 18.7. The number of aromatic nitrogens is 4. The van der Waals surface area contributed by atoms with Crippen molar-refractivity contribution in [2.75, 3.05) is 31.1 Å². The van der Waals surface area contributed by atoms with Gasteiger partial charge in [0.05, 0.1) is 37.1 Å². The number of thiophene rings is 1. The van der Waals surface area contributed by atoms with Crippen molar-refractivity contribution in [3.05, 3.63) is 58.3 Å². The van der Waals surface area contributed by atoms with Gasteiger partial charge < -0.3 is 9.80 Å². The van der Waals surface area contributed by atoms with Crippen LogP contribution in [0.4, 0.5) is 10.1 Å². The average Bonchev–Trinajstić information content (AvgIpc) is 3.52. The van der Waals surface area contributed by atoms with Crippen LogP contribution in [0.3, 0.4) is 0 Å². The van der Waals surface area contributed by atoms with Crippen LogP contribution in [0.2, 0.25) is 0 Å². The Kier molecular flexibility index (Phi) is 5.28. The summed E-state index contributed by atoms with van der Waals surface area (Å²) in [4.78, 5) is 5.16. The molecule has 3 heterocycles. The van der Waals surface area contributed by atoms with E-state index in [-0.39, 0.29) is 11.9 Å². The van der Waals surface area contributed by atoms with E-state index in [1.165, 1.54) is 35.5 Å². The Hall–Kier alpha value is -2.32. The summed E-state index contributed by atoms with van der Waals surface area (Å²) in [5.41, 5.74) is 1.09. The monoisotopic (exact) mass is 413 g/mol. The number of hydrogen-bond acceptors (Lipinski definition) is 5. The molecule has 1 atom stereocenters. The summed E-state index contributed by atoms with van der Waals surface area (Å²) in [7, 11) is 0. The number of hydrogen-bond donors (Lipinski definition) is 1. The third kappa shape index (κ3) is 3.79. The van der Waals surface area contributed by atoms with Gasteiger partial charge in [-0.3, -0.25) is 0 Å². The Morgan fingerprint density at radius 2 is 1.83 bits per heavy atom. The SMILES string of the molecule is Fc1ccc(N2CC[NH+]([C@H](c3cccs3)c3nnnn3C3CCCC3)CC2)cc1. The van der Waals surface area contributed by atoms with Crippen LogP contribution >= 0.6 is 11.3 Å². The Bertz CT molecular complexity index is 911. The standard InChI is InChI=1S/C21H25FN6S/c22-16-7-9-17(10-8-16)26-11-13-27(14-12-26)20(19-6-3-15-29-19)21-23-24-25-28(21)18-4-1-2-5-18/h3,6-10,15,18,20H,1-2,4-5,11-14H2/p+1/t20-/m1/s1. The number of halogens is 1. The van der Waals surface area contributed by atoms with E-state index in [0.717, 1.165) is 37.7 Å². The molecule has 8 heteroatoms. The number of benzene rings is 1. The van der Waals surface area contributed by atoms with Crippen LogP contribution in [0.5, 0.6) is 0 Å². The van der Waals surface area contributed by atoms with Gasteiger partial charge in [0.25, 0.3) is 0 Å². The van der Waals surface area contributed by atoms with E-state index >= 15 is 0 Å². The predicted octanol–water partition coefficient (Wildman–Crippen LogP) is 2.48. The summed E-state index contributed by atoms with van der Waals surface area (Å²) >= 11 is 1.79. The molecule has 1 saturated carbocycles. The topological polar surface area (TPSA) is 51.3 Å². The number of tetrazole rings is 1. The second kappa shape index (κ2) is 8.20. The van der Waals surface area contributed by atoms with Crippen LogP contribution in [-0.4, -0.2) is 46.4 Å². The minimum Gasteiger partial charge on any atom is -0.360 e. The maximum Gasteiger partial charge on any atom is 0.215 e. The smallest absolute Gasteiger partial charge is 0.215 e. The lowest BCUT2D eigenvalue weighted by atomic mass is 10.1. The molecule has 6 nitrogen and oxygen atoms in total. The fourth-order valence-corrected chi connectivity index (χ4v) is 5.64. The Balaban J connectivity index is 1.38. The van der Waals surface area contributed by atoms with E-state index in [4.69, 9.17) is 0 Å². The normalized spacial score (nSPS) is 19.7.